The quantitative estimate of drug-likeness (QED) is 0.450. The van der Waals surface area contributed by atoms with Crippen LogP contribution in [0.25, 0.3) is 0 Å². The molecule has 150 valence electrons. The number of rotatable bonds is 7. The number of aliphatic imine (C=N–C) groups is 1. The highest BCUT2D eigenvalue weighted by Crippen LogP contribution is 2.38. The zero-order chi connectivity index (χ0) is 19.1. The van der Waals surface area contributed by atoms with Crippen molar-refractivity contribution in [1.29, 1.82) is 0 Å². The minimum atomic E-state index is 0.350. The van der Waals surface area contributed by atoms with Gasteiger partial charge in [-0.05, 0) is 51.1 Å². The Labute approximate surface area is 163 Å². The van der Waals surface area contributed by atoms with Crippen LogP contribution < -0.4 is 10.1 Å². The van der Waals surface area contributed by atoms with Crippen LogP contribution in [0.5, 0.6) is 5.75 Å². The first kappa shape index (κ1) is 20.0. The van der Waals surface area contributed by atoms with Gasteiger partial charge in [0.15, 0.2) is 5.96 Å². The zero-order valence-electron chi connectivity index (χ0n) is 17.0. The molecule has 0 saturated carbocycles. The maximum Gasteiger partial charge on any atom is 0.193 e. The van der Waals surface area contributed by atoms with Crippen molar-refractivity contribution in [3.8, 4) is 5.75 Å². The van der Waals surface area contributed by atoms with Crippen molar-refractivity contribution in [1.82, 2.24) is 15.1 Å². The molecule has 0 amide bonds. The molecule has 1 spiro atoms. The summed E-state index contributed by atoms with van der Waals surface area (Å²) in [7, 11) is 6.03. The molecule has 1 N–H and O–H groups in total. The van der Waals surface area contributed by atoms with Crippen LogP contribution in [-0.2, 0) is 11.3 Å². The van der Waals surface area contributed by atoms with E-state index in [1.165, 1.54) is 18.4 Å². The Kier molecular flexibility index (Phi) is 6.96. The fraction of sp³-hybridized carbons (Fsp3) is 0.667. The number of nitrogens with one attached hydrogen (secondary N) is 1. The zero-order valence-corrected chi connectivity index (χ0v) is 17.0. The van der Waals surface area contributed by atoms with Gasteiger partial charge in [0.2, 0.25) is 0 Å². The molecular formula is C21H34N4O2. The van der Waals surface area contributed by atoms with Crippen molar-refractivity contribution in [3.63, 3.8) is 0 Å². The lowest BCUT2D eigenvalue weighted by Crippen LogP contribution is -2.41. The summed E-state index contributed by atoms with van der Waals surface area (Å²) in [5.41, 5.74) is 1.58. The van der Waals surface area contributed by atoms with Crippen molar-refractivity contribution in [2.45, 2.75) is 25.8 Å². The van der Waals surface area contributed by atoms with E-state index in [9.17, 15) is 0 Å². The second-order valence-electron chi connectivity index (χ2n) is 8.02. The second-order valence-corrected chi connectivity index (χ2v) is 8.02. The lowest BCUT2D eigenvalue weighted by molar-refractivity contribution is 0.156. The van der Waals surface area contributed by atoms with E-state index >= 15 is 0 Å². The number of benzene rings is 1. The van der Waals surface area contributed by atoms with Crippen molar-refractivity contribution in [2.24, 2.45) is 10.4 Å². The molecule has 0 radical (unpaired) electrons. The van der Waals surface area contributed by atoms with Gasteiger partial charge in [-0.2, -0.15) is 0 Å². The molecule has 3 rings (SSSR count). The molecule has 0 aliphatic carbocycles. The normalized spacial score (nSPS) is 22.8. The number of likely N-dealkylation sites (tertiary alicyclic amines) is 1. The molecule has 2 aliphatic heterocycles. The van der Waals surface area contributed by atoms with E-state index in [1.54, 1.807) is 0 Å². The third-order valence-electron chi connectivity index (χ3n) is 5.53. The van der Waals surface area contributed by atoms with E-state index in [-0.39, 0.29) is 0 Å². The Bertz CT molecular complexity index is 609. The Morgan fingerprint density at radius 1 is 1.30 bits per heavy atom. The van der Waals surface area contributed by atoms with Crippen molar-refractivity contribution < 1.29 is 9.47 Å². The first-order valence-corrected chi connectivity index (χ1v) is 10.0. The summed E-state index contributed by atoms with van der Waals surface area (Å²) in [6, 6.07) is 8.35. The van der Waals surface area contributed by atoms with Gasteiger partial charge in [0.1, 0.15) is 5.75 Å². The monoisotopic (exact) mass is 374 g/mol. The number of nitrogens with zero attached hydrogens (tertiary/aromatic N) is 3. The number of hydrogen-bond donors (Lipinski definition) is 1. The standard InChI is InChI=1S/C21H34N4O2/c1-22-20(25-12-9-21(16-25)10-14-26-17-21)23-15-18-5-7-19(8-6-18)27-13-4-11-24(2)3/h5-8H,4,9-17H2,1-3H3,(H,22,23). The van der Waals surface area contributed by atoms with Crippen LogP contribution in [0.4, 0.5) is 0 Å². The molecule has 6 nitrogen and oxygen atoms in total. The summed E-state index contributed by atoms with van der Waals surface area (Å²) in [6.07, 6.45) is 3.42. The molecule has 2 aliphatic rings. The summed E-state index contributed by atoms with van der Waals surface area (Å²) < 4.78 is 11.4. The van der Waals surface area contributed by atoms with E-state index in [1.807, 2.05) is 7.05 Å². The Balaban J connectivity index is 1.43. The molecule has 1 aromatic carbocycles. The number of ether oxygens (including phenoxy) is 2. The highest BCUT2D eigenvalue weighted by molar-refractivity contribution is 5.80. The van der Waals surface area contributed by atoms with Gasteiger partial charge < -0.3 is 24.6 Å². The van der Waals surface area contributed by atoms with Gasteiger partial charge in [-0.1, -0.05) is 12.1 Å². The van der Waals surface area contributed by atoms with Gasteiger partial charge in [-0.3, -0.25) is 4.99 Å². The maximum absolute atomic E-state index is 5.80. The minimum Gasteiger partial charge on any atom is -0.494 e. The highest BCUT2D eigenvalue weighted by Gasteiger charge is 2.42. The number of hydrogen-bond acceptors (Lipinski definition) is 4. The average Bonchev–Trinajstić information content (AvgIpc) is 3.30. The Hall–Kier alpha value is -1.79. The third kappa shape index (κ3) is 5.59. The summed E-state index contributed by atoms with van der Waals surface area (Å²) in [6.45, 7) is 6.48. The lowest BCUT2D eigenvalue weighted by Gasteiger charge is -2.25. The van der Waals surface area contributed by atoms with Gasteiger partial charge in [0, 0.05) is 45.2 Å². The molecule has 1 atom stereocenters. The molecule has 1 unspecified atom stereocenters. The molecule has 0 aromatic heterocycles. The van der Waals surface area contributed by atoms with Crippen molar-refractivity contribution in [2.75, 3.05) is 60.6 Å². The average molecular weight is 375 g/mol. The van der Waals surface area contributed by atoms with E-state index < -0.39 is 0 Å². The molecule has 6 heteroatoms. The Morgan fingerprint density at radius 3 is 2.78 bits per heavy atom. The van der Waals surface area contributed by atoms with Gasteiger partial charge in [-0.25, -0.2) is 0 Å². The minimum absolute atomic E-state index is 0.350. The van der Waals surface area contributed by atoms with Crippen molar-refractivity contribution >= 4 is 5.96 Å². The largest absolute Gasteiger partial charge is 0.494 e. The fourth-order valence-corrected chi connectivity index (χ4v) is 3.88. The van der Waals surface area contributed by atoms with Gasteiger partial charge in [-0.15, -0.1) is 0 Å². The second kappa shape index (κ2) is 9.42. The summed E-state index contributed by atoms with van der Waals surface area (Å²) >= 11 is 0. The smallest absolute Gasteiger partial charge is 0.193 e. The first-order valence-electron chi connectivity index (χ1n) is 10.0. The molecule has 2 saturated heterocycles. The molecule has 2 heterocycles. The van der Waals surface area contributed by atoms with Crippen LogP contribution in [0.15, 0.2) is 29.3 Å². The molecule has 2 fully saturated rings. The molecule has 1 aromatic rings. The molecular weight excluding hydrogens is 340 g/mol. The van der Waals surface area contributed by atoms with Crippen LogP contribution in [0.3, 0.4) is 0 Å². The topological polar surface area (TPSA) is 49.3 Å². The predicted molar refractivity (Wildman–Crippen MR) is 109 cm³/mol. The highest BCUT2D eigenvalue weighted by atomic mass is 16.5. The maximum atomic E-state index is 5.80. The summed E-state index contributed by atoms with van der Waals surface area (Å²) in [5.74, 6) is 1.92. The van der Waals surface area contributed by atoms with Crippen LogP contribution in [0.1, 0.15) is 24.8 Å². The van der Waals surface area contributed by atoms with Crippen LogP contribution >= 0.6 is 0 Å². The van der Waals surface area contributed by atoms with Crippen molar-refractivity contribution in [3.05, 3.63) is 29.8 Å². The predicted octanol–water partition coefficient (Wildman–Crippen LogP) is 2.20. The fourth-order valence-electron chi connectivity index (χ4n) is 3.88. The molecule has 0 bridgehead atoms. The summed E-state index contributed by atoms with van der Waals surface area (Å²) in [4.78, 5) is 9.03. The first-order chi connectivity index (χ1) is 13.1. The van der Waals surface area contributed by atoms with Gasteiger partial charge >= 0.3 is 0 Å². The molecule has 27 heavy (non-hydrogen) atoms. The lowest BCUT2D eigenvalue weighted by atomic mass is 9.87. The third-order valence-corrected chi connectivity index (χ3v) is 5.53. The SMILES string of the molecule is CN=C(NCc1ccc(OCCCN(C)C)cc1)N1CCC2(CCOC2)C1. The van der Waals surface area contributed by atoms with E-state index in [0.717, 1.165) is 64.1 Å². The van der Waals surface area contributed by atoms with Crippen LogP contribution in [0.2, 0.25) is 0 Å². The van der Waals surface area contributed by atoms with E-state index in [0.29, 0.717) is 5.41 Å². The van der Waals surface area contributed by atoms with Crippen LogP contribution in [-0.4, -0.2) is 76.4 Å². The summed E-state index contributed by atoms with van der Waals surface area (Å²) in [5, 5.41) is 3.51. The van der Waals surface area contributed by atoms with Gasteiger partial charge in [0.25, 0.3) is 0 Å². The van der Waals surface area contributed by atoms with E-state index in [2.05, 4.69) is 58.5 Å². The van der Waals surface area contributed by atoms with E-state index in [4.69, 9.17) is 9.47 Å². The number of guanidine groups is 1. The van der Waals surface area contributed by atoms with Crippen LogP contribution in [0, 0.1) is 5.41 Å². The van der Waals surface area contributed by atoms with Gasteiger partial charge in [0.05, 0.1) is 13.2 Å². The Morgan fingerprint density at radius 2 is 2.11 bits per heavy atom.